The number of hydrogen-bond donors (Lipinski definition) is 0. The molecule has 0 bridgehead atoms. The molecule has 0 spiro atoms. The van der Waals surface area contributed by atoms with Crippen LogP contribution >= 0.6 is 0 Å². The van der Waals surface area contributed by atoms with Gasteiger partial charge in [0.15, 0.2) is 0 Å². The second kappa shape index (κ2) is 5.53. The molecule has 92 valence electrons. The smallest absolute Gasteiger partial charge is 0.0955 e. The number of hydrogen-bond acceptors (Lipinski definition) is 2. The van der Waals surface area contributed by atoms with Crippen LogP contribution in [0.3, 0.4) is 0 Å². The van der Waals surface area contributed by atoms with Gasteiger partial charge in [0, 0.05) is 25.5 Å². The van der Waals surface area contributed by atoms with Gasteiger partial charge in [0.2, 0.25) is 0 Å². The van der Waals surface area contributed by atoms with Crippen molar-refractivity contribution in [2.45, 2.75) is 20.8 Å². The zero-order chi connectivity index (χ0) is 13.0. The van der Waals surface area contributed by atoms with Crippen LogP contribution in [0.15, 0.2) is 30.4 Å². The van der Waals surface area contributed by atoms with Gasteiger partial charge in [-0.25, -0.2) is 4.98 Å². The monoisotopic (exact) mass is 231 g/mol. The van der Waals surface area contributed by atoms with E-state index in [0.717, 1.165) is 16.4 Å². The molecule has 0 saturated carbocycles. The van der Waals surface area contributed by atoms with E-state index in [1.807, 2.05) is 44.9 Å². The summed E-state index contributed by atoms with van der Waals surface area (Å²) in [6.07, 6.45) is 7.93. The Morgan fingerprint density at radius 3 is 2.65 bits per heavy atom. The fraction of sp³-hybridized carbons (Fsp3) is 0.357. The van der Waals surface area contributed by atoms with Crippen LogP contribution in [-0.2, 0) is 7.05 Å². The summed E-state index contributed by atoms with van der Waals surface area (Å²) in [6.45, 7) is 10.2. The van der Waals surface area contributed by atoms with Gasteiger partial charge in [-0.2, -0.15) is 0 Å². The zero-order valence-electron chi connectivity index (χ0n) is 11.4. The molecule has 1 heterocycles. The molecule has 0 amide bonds. The van der Waals surface area contributed by atoms with E-state index in [2.05, 4.69) is 35.5 Å². The van der Waals surface area contributed by atoms with Gasteiger partial charge in [-0.3, -0.25) is 0 Å². The van der Waals surface area contributed by atoms with E-state index in [0.29, 0.717) is 0 Å². The molecule has 0 aliphatic rings. The summed E-state index contributed by atoms with van der Waals surface area (Å²) < 4.78 is 2.00. The Morgan fingerprint density at radius 2 is 2.12 bits per heavy atom. The average Bonchev–Trinajstić information content (AvgIpc) is 2.68. The second-order valence-electron chi connectivity index (χ2n) is 4.04. The van der Waals surface area contributed by atoms with Gasteiger partial charge in [-0.05, 0) is 26.8 Å². The molecule has 3 heteroatoms. The fourth-order valence-corrected chi connectivity index (χ4v) is 1.53. The minimum absolute atomic E-state index is 0.951. The maximum atomic E-state index is 4.31. The van der Waals surface area contributed by atoms with Crippen LogP contribution in [-0.4, -0.2) is 21.5 Å². The lowest BCUT2D eigenvalue weighted by Gasteiger charge is -2.19. The molecule has 3 nitrogen and oxygen atoms in total. The van der Waals surface area contributed by atoms with Crippen molar-refractivity contribution in [1.82, 2.24) is 14.5 Å². The largest absolute Gasteiger partial charge is 0.349 e. The van der Waals surface area contributed by atoms with Crippen LogP contribution in [0.5, 0.6) is 0 Å². The van der Waals surface area contributed by atoms with Crippen molar-refractivity contribution in [1.29, 1.82) is 0 Å². The van der Waals surface area contributed by atoms with Crippen molar-refractivity contribution in [2.24, 2.45) is 7.05 Å². The van der Waals surface area contributed by atoms with E-state index in [1.165, 1.54) is 5.70 Å². The van der Waals surface area contributed by atoms with Crippen molar-refractivity contribution in [3.05, 3.63) is 41.1 Å². The molecule has 0 aliphatic heterocycles. The van der Waals surface area contributed by atoms with Crippen LogP contribution in [0, 0.1) is 0 Å². The van der Waals surface area contributed by atoms with E-state index < -0.39 is 0 Å². The topological polar surface area (TPSA) is 21.1 Å². The number of rotatable bonds is 3. The second-order valence-corrected chi connectivity index (χ2v) is 4.04. The van der Waals surface area contributed by atoms with Gasteiger partial charge in [-0.15, -0.1) is 0 Å². The average molecular weight is 231 g/mol. The molecule has 0 aromatic carbocycles. The molecular weight excluding hydrogens is 210 g/mol. The summed E-state index contributed by atoms with van der Waals surface area (Å²) in [4.78, 5) is 6.38. The number of aryl methyl sites for hydroxylation is 1. The van der Waals surface area contributed by atoms with Crippen molar-refractivity contribution >= 4 is 12.2 Å². The quantitative estimate of drug-likeness (QED) is 0.783. The van der Waals surface area contributed by atoms with Crippen molar-refractivity contribution in [3.63, 3.8) is 0 Å². The molecule has 0 saturated heterocycles. The lowest BCUT2D eigenvalue weighted by Crippen LogP contribution is -2.30. The predicted octanol–water partition coefficient (Wildman–Crippen LogP) is 1.37. The molecule has 0 radical (unpaired) electrons. The van der Waals surface area contributed by atoms with E-state index in [-0.39, 0.29) is 0 Å². The highest BCUT2D eigenvalue weighted by Gasteiger charge is 2.01. The van der Waals surface area contributed by atoms with Crippen LogP contribution in [0.4, 0.5) is 0 Å². The summed E-state index contributed by atoms with van der Waals surface area (Å²) in [6, 6.07) is 0. The molecule has 0 unspecified atom stereocenters. The van der Waals surface area contributed by atoms with Gasteiger partial charge >= 0.3 is 0 Å². The van der Waals surface area contributed by atoms with Crippen molar-refractivity contribution in [2.75, 3.05) is 7.05 Å². The first kappa shape index (κ1) is 13.3. The highest BCUT2D eigenvalue weighted by molar-refractivity contribution is 5.44. The van der Waals surface area contributed by atoms with Gasteiger partial charge in [-0.1, -0.05) is 18.7 Å². The summed E-state index contributed by atoms with van der Waals surface area (Å²) >= 11 is 0. The molecular formula is C14H21N3. The maximum Gasteiger partial charge on any atom is 0.0955 e. The third-order valence-corrected chi connectivity index (χ3v) is 2.97. The number of allylic oxidation sites excluding steroid dienone is 3. The van der Waals surface area contributed by atoms with Gasteiger partial charge in [0.1, 0.15) is 0 Å². The first-order chi connectivity index (χ1) is 8.01. The Balaban J connectivity index is 3.21. The van der Waals surface area contributed by atoms with E-state index >= 15 is 0 Å². The summed E-state index contributed by atoms with van der Waals surface area (Å²) in [5.74, 6) is 0. The van der Waals surface area contributed by atoms with Crippen LogP contribution in [0.2, 0.25) is 0 Å². The van der Waals surface area contributed by atoms with Crippen molar-refractivity contribution in [3.8, 4) is 0 Å². The number of nitrogens with zero attached hydrogens (tertiary/aromatic N) is 3. The third kappa shape index (κ3) is 2.87. The third-order valence-electron chi connectivity index (χ3n) is 2.97. The Labute approximate surface area is 103 Å². The molecule has 0 atom stereocenters. The Morgan fingerprint density at radius 1 is 1.47 bits per heavy atom. The maximum absolute atomic E-state index is 4.31. The minimum atomic E-state index is 0.951. The molecule has 0 fully saturated rings. The van der Waals surface area contributed by atoms with E-state index in [4.69, 9.17) is 0 Å². The zero-order valence-corrected chi connectivity index (χ0v) is 11.4. The molecule has 17 heavy (non-hydrogen) atoms. The SMILES string of the molecule is C=C(C=c1c(=CC)ncn1C)N(C)C(C)=CC. The van der Waals surface area contributed by atoms with E-state index in [1.54, 1.807) is 0 Å². The van der Waals surface area contributed by atoms with E-state index in [9.17, 15) is 0 Å². The van der Waals surface area contributed by atoms with Gasteiger partial charge in [0.05, 0.1) is 17.0 Å². The first-order valence-corrected chi connectivity index (χ1v) is 5.72. The van der Waals surface area contributed by atoms with Crippen molar-refractivity contribution < 1.29 is 0 Å². The Hall–Kier alpha value is -1.77. The van der Waals surface area contributed by atoms with Crippen LogP contribution in [0.25, 0.3) is 12.2 Å². The molecule has 1 aromatic rings. The van der Waals surface area contributed by atoms with Crippen LogP contribution in [0.1, 0.15) is 20.8 Å². The molecule has 0 aliphatic carbocycles. The fourth-order valence-electron chi connectivity index (χ4n) is 1.53. The summed E-state index contributed by atoms with van der Waals surface area (Å²) in [5.41, 5.74) is 2.13. The lowest BCUT2D eigenvalue weighted by atomic mass is 10.3. The lowest BCUT2D eigenvalue weighted by molar-refractivity contribution is 0.545. The minimum Gasteiger partial charge on any atom is -0.349 e. The summed E-state index contributed by atoms with van der Waals surface area (Å²) in [7, 11) is 4.00. The van der Waals surface area contributed by atoms with Gasteiger partial charge in [0.25, 0.3) is 0 Å². The molecule has 1 rings (SSSR count). The summed E-state index contributed by atoms with van der Waals surface area (Å²) in [5, 5.41) is 2.06. The standard InChI is InChI=1S/C14H21N3/c1-7-11(3)17(6)12(4)9-14-13(8-2)15-10-16(14)5/h7-10H,4H2,1-3,5-6H3. The predicted molar refractivity (Wildman–Crippen MR) is 73.4 cm³/mol. The number of imidazole rings is 1. The molecule has 0 N–H and O–H groups in total. The Kier molecular flexibility index (Phi) is 4.32. The highest BCUT2D eigenvalue weighted by Crippen LogP contribution is 2.08. The first-order valence-electron chi connectivity index (χ1n) is 5.72. The number of aromatic nitrogens is 2. The normalized spacial score (nSPS) is 14.3. The van der Waals surface area contributed by atoms with Crippen LogP contribution < -0.4 is 10.7 Å². The Bertz CT molecular complexity index is 547. The van der Waals surface area contributed by atoms with Gasteiger partial charge < -0.3 is 9.47 Å². The molecule has 1 aromatic heterocycles. The highest BCUT2D eigenvalue weighted by atomic mass is 15.1.